The molecule has 1 amide bonds. The molecule has 1 aromatic heterocycles. The fraction of sp³-hybridized carbons (Fsp3) is 0.333. The Morgan fingerprint density at radius 2 is 2.00 bits per heavy atom. The van der Waals surface area contributed by atoms with Gasteiger partial charge in [-0.25, -0.2) is 4.98 Å². The molecule has 0 unspecified atom stereocenters. The Hall–Kier alpha value is -2.77. The number of hydrogen-bond donors (Lipinski definition) is 0. The standard InChI is InChI=1S/C18H18F3N3O2/c1-23(2)16-8-5-13(11-22-16)17(25)24-9-3-4-12-10-14(6-7-15(12)24)26-18(19,20)21/h5-8,10-11H,3-4,9H2,1-2H3. The zero-order valence-electron chi connectivity index (χ0n) is 14.4. The molecule has 0 radical (unpaired) electrons. The number of nitrogens with zero attached hydrogens (tertiary/aromatic N) is 3. The van der Waals surface area contributed by atoms with Gasteiger partial charge < -0.3 is 14.5 Å². The Morgan fingerprint density at radius 3 is 2.62 bits per heavy atom. The summed E-state index contributed by atoms with van der Waals surface area (Å²) in [5.74, 6) is 0.227. The summed E-state index contributed by atoms with van der Waals surface area (Å²) in [6.07, 6.45) is -1.98. The van der Waals surface area contributed by atoms with Gasteiger partial charge in [-0.1, -0.05) is 0 Å². The van der Waals surface area contributed by atoms with Crippen LogP contribution in [0.25, 0.3) is 0 Å². The Morgan fingerprint density at radius 1 is 1.23 bits per heavy atom. The summed E-state index contributed by atoms with van der Waals surface area (Å²) in [5.41, 5.74) is 1.69. The summed E-state index contributed by atoms with van der Waals surface area (Å²) in [6.45, 7) is 0.501. The number of alkyl halides is 3. The monoisotopic (exact) mass is 365 g/mol. The molecule has 2 aromatic rings. The van der Waals surface area contributed by atoms with Crippen LogP contribution >= 0.6 is 0 Å². The average molecular weight is 365 g/mol. The van der Waals surface area contributed by atoms with Gasteiger partial charge in [-0.2, -0.15) is 0 Å². The maximum Gasteiger partial charge on any atom is 0.573 e. The minimum Gasteiger partial charge on any atom is -0.406 e. The van der Waals surface area contributed by atoms with Gasteiger partial charge in [0.25, 0.3) is 5.91 Å². The van der Waals surface area contributed by atoms with E-state index in [1.807, 2.05) is 19.0 Å². The van der Waals surface area contributed by atoms with Gasteiger partial charge in [0, 0.05) is 32.5 Å². The van der Waals surface area contributed by atoms with Crippen molar-refractivity contribution in [1.29, 1.82) is 0 Å². The first-order valence-corrected chi connectivity index (χ1v) is 8.08. The molecule has 1 aliphatic heterocycles. The molecule has 1 aliphatic rings. The van der Waals surface area contributed by atoms with Crippen LogP contribution in [0.3, 0.4) is 0 Å². The highest BCUT2D eigenvalue weighted by molar-refractivity contribution is 6.06. The molecule has 0 saturated heterocycles. The van der Waals surface area contributed by atoms with Gasteiger partial charge in [0.05, 0.1) is 5.56 Å². The number of benzene rings is 1. The molecule has 138 valence electrons. The van der Waals surface area contributed by atoms with E-state index >= 15 is 0 Å². The predicted octanol–water partition coefficient (Wildman–Crippen LogP) is 3.64. The second kappa shape index (κ2) is 6.86. The molecular formula is C18H18F3N3O2. The number of aryl methyl sites for hydroxylation is 1. The summed E-state index contributed by atoms with van der Waals surface area (Å²) in [5, 5.41) is 0. The van der Waals surface area contributed by atoms with Crippen LogP contribution in [0.5, 0.6) is 5.75 Å². The third-order valence-electron chi connectivity index (χ3n) is 4.10. The van der Waals surface area contributed by atoms with Gasteiger partial charge in [0.15, 0.2) is 0 Å². The largest absolute Gasteiger partial charge is 0.573 e. The topological polar surface area (TPSA) is 45.7 Å². The van der Waals surface area contributed by atoms with Crippen molar-refractivity contribution in [3.05, 3.63) is 47.7 Å². The number of carbonyl (C=O) groups excluding carboxylic acids is 1. The minimum absolute atomic E-state index is 0.228. The summed E-state index contributed by atoms with van der Waals surface area (Å²) < 4.78 is 41.1. The number of halogens is 3. The quantitative estimate of drug-likeness (QED) is 0.833. The highest BCUT2D eigenvalue weighted by Gasteiger charge is 2.32. The van der Waals surface area contributed by atoms with Crippen LogP contribution in [0, 0.1) is 0 Å². The number of aromatic nitrogens is 1. The molecule has 0 fully saturated rings. The zero-order chi connectivity index (χ0) is 18.9. The van der Waals surface area contributed by atoms with Crippen molar-refractivity contribution in [2.45, 2.75) is 19.2 Å². The molecule has 0 spiro atoms. The van der Waals surface area contributed by atoms with E-state index < -0.39 is 6.36 Å². The fourth-order valence-electron chi connectivity index (χ4n) is 2.91. The Labute approximate surface area is 149 Å². The van der Waals surface area contributed by atoms with E-state index in [4.69, 9.17) is 0 Å². The number of pyridine rings is 1. The van der Waals surface area contributed by atoms with Crippen molar-refractivity contribution in [2.24, 2.45) is 0 Å². The van der Waals surface area contributed by atoms with Crippen molar-refractivity contribution in [3.63, 3.8) is 0 Å². The van der Waals surface area contributed by atoms with Crippen LogP contribution < -0.4 is 14.5 Å². The summed E-state index contributed by atoms with van der Waals surface area (Å²) in [6, 6.07) is 7.51. The van der Waals surface area contributed by atoms with E-state index in [0.29, 0.717) is 36.2 Å². The summed E-state index contributed by atoms with van der Waals surface area (Å²) >= 11 is 0. The zero-order valence-corrected chi connectivity index (χ0v) is 14.4. The van der Waals surface area contributed by atoms with Crippen LogP contribution in [0.4, 0.5) is 24.7 Å². The van der Waals surface area contributed by atoms with Crippen molar-refractivity contribution in [2.75, 3.05) is 30.4 Å². The molecule has 5 nitrogen and oxygen atoms in total. The van der Waals surface area contributed by atoms with E-state index in [9.17, 15) is 18.0 Å². The average Bonchev–Trinajstić information content (AvgIpc) is 2.59. The lowest BCUT2D eigenvalue weighted by molar-refractivity contribution is -0.274. The minimum atomic E-state index is -4.74. The van der Waals surface area contributed by atoms with Gasteiger partial charge in [0.1, 0.15) is 11.6 Å². The Kier molecular flexibility index (Phi) is 4.76. The first-order chi connectivity index (χ1) is 12.2. The number of rotatable bonds is 3. The normalized spacial score (nSPS) is 14.0. The van der Waals surface area contributed by atoms with Crippen molar-refractivity contribution >= 4 is 17.4 Å². The molecule has 0 N–H and O–H groups in total. The molecule has 0 bridgehead atoms. The smallest absolute Gasteiger partial charge is 0.406 e. The Bertz CT molecular complexity index is 804. The molecule has 1 aromatic carbocycles. The van der Waals surface area contributed by atoms with Crippen molar-refractivity contribution in [3.8, 4) is 5.75 Å². The molecule has 0 aliphatic carbocycles. The molecule has 0 atom stereocenters. The molecule has 26 heavy (non-hydrogen) atoms. The van der Waals surface area contributed by atoms with Crippen LogP contribution in [0.2, 0.25) is 0 Å². The maximum absolute atomic E-state index is 12.8. The van der Waals surface area contributed by atoms with E-state index in [1.54, 1.807) is 17.0 Å². The van der Waals surface area contributed by atoms with Gasteiger partial charge in [-0.05, 0) is 48.7 Å². The van der Waals surface area contributed by atoms with E-state index in [1.165, 1.54) is 24.4 Å². The number of amides is 1. The maximum atomic E-state index is 12.8. The third-order valence-corrected chi connectivity index (χ3v) is 4.10. The molecule has 2 heterocycles. The van der Waals surface area contributed by atoms with Gasteiger partial charge in [0.2, 0.25) is 0 Å². The first kappa shape index (κ1) is 18.0. The molecule has 8 heteroatoms. The van der Waals surface area contributed by atoms with Crippen LogP contribution in [0.15, 0.2) is 36.5 Å². The summed E-state index contributed by atoms with van der Waals surface area (Å²) in [4.78, 5) is 20.5. The van der Waals surface area contributed by atoms with E-state index in [2.05, 4.69) is 9.72 Å². The summed E-state index contributed by atoms with van der Waals surface area (Å²) in [7, 11) is 3.70. The van der Waals surface area contributed by atoms with Crippen LogP contribution in [0.1, 0.15) is 22.3 Å². The number of hydrogen-bond acceptors (Lipinski definition) is 4. The van der Waals surface area contributed by atoms with Crippen LogP contribution in [-0.4, -0.2) is 37.9 Å². The highest BCUT2D eigenvalue weighted by atomic mass is 19.4. The second-order valence-electron chi connectivity index (χ2n) is 6.20. The highest BCUT2D eigenvalue weighted by Crippen LogP contribution is 2.33. The van der Waals surface area contributed by atoms with Crippen molar-refractivity contribution in [1.82, 2.24) is 4.98 Å². The lowest BCUT2D eigenvalue weighted by Gasteiger charge is -2.30. The molecule has 3 rings (SSSR count). The lowest BCUT2D eigenvalue weighted by Crippen LogP contribution is -2.35. The first-order valence-electron chi connectivity index (χ1n) is 8.08. The van der Waals surface area contributed by atoms with Gasteiger partial charge >= 0.3 is 6.36 Å². The van der Waals surface area contributed by atoms with Crippen LogP contribution in [-0.2, 0) is 6.42 Å². The van der Waals surface area contributed by atoms with E-state index in [-0.39, 0.29) is 11.7 Å². The number of anilines is 2. The molecular weight excluding hydrogens is 347 g/mol. The predicted molar refractivity (Wildman–Crippen MR) is 91.7 cm³/mol. The molecule has 0 saturated carbocycles. The Balaban J connectivity index is 1.85. The number of carbonyl (C=O) groups is 1. The SMILES string of the molecule is CN(C)c1ccc(C(=O)N2CCCc3cc(OC(F)(F)F)ccc32)cn1. The second-order valence-corrected chi connectivity index (χ2v) is 6.20. The fourth-order valence-corrected chi connectivity index (χ4v) is 2.91. The lowest BCUT2D eigenvalue weighted by atomic mass is 10.0. The van der Waals surface area contributed by atoms with Gasteiger partial charge in [-0.15, -0.1) is 13.2 Å². The van der Waals surface area contributed by atoms with Gasteiger partial charge in [-0.3, -0.25) is 4.79 Å². The van der Waals surface area contributed by atoms with E-state index in [0.717, 1.165) is 5.82 Å². The van der Waals surface area contributed by atoms with Crippen molar-refractivity contribution < 1.29 is 22.7 Å². The number of ether oxygens (including phenoxy) is 1. The third kappa shape index (κ3) is 3.89. The number of fused-ring (bicyclic) bond motifs is 1.